The number of amides is 2. The second-order valence-corrected chi connectivity index (χ2v) is 8.64. The van der Waals surface area contributed by atoms with E-state index >= 15 is 0 Å². The van der Waals surface area contributed by atoms with Gasteiger partial charge in [0, 0.05) is 19.4 Å². The van der Waals surface area contributed by atoms with Crippen molar-refractivity contribution >= 4 is 33.2 Å². The molecule has 0 unspecified atom stereocenters. The largest absolute Gasteiger partial charge is 0.274 e. The summed E-state index contributed by atoms with van der Waals surface area (Å²) < 4.78 is 27.7. The van der Waals surface area contributed by atoms with Crippen LogP contribution in [0.15, 0.2) is 53.4 Å². The Labute approximate surface area is 158 Å². The normalized spacial score (nSPS) is 17.8. The number of nitrogens with zero attached hydrogens (tertiary/aromatic N) is 2. The lowest BCUT2D eigenvalue weighted by atomic mass is 10.0. The molecule has 0 aromatic heterocycles. The van der Waals surface area contributed by atoms with Crippen LogP contribution >= 0.6 is 0 Å². The third-order valence-electron chi connectivity index (χ3n) is 5.03. The van der Waals surface area contributed by atoms with Gasteiger partial charge in [-0.05, 0) is 55.2 Å². The first-order chi connectivity index (χ1) is 13.0. The molecule has 2 amide bonds. The number of hydrogen-bond donors (Lipinski definition) is 0. The summed E-state index contributed by atoms with van der Waals surface area (Å²) >= 11 is 0. The smallest absolute Gasteiger partial charge is 0.264 e. The highest BCUT2D eigenvalue weighted by Gasteiger charge is 2.30. The van der Waals surface area contributed by atoms with Crippen molar-refractivity contribution in [3.8, 4) is 0 Å². The van der Waals surface area contributed by atoms with E-state index in [1.807, 2.05) is 24.3 Å². The van der Waals surface area contributed by atoms with Crippen LogP contribution < -0.4 is 9.21 Å². The summed E-state index contributed by atoms with van der Waals surface area (Å²) in [5.74, 6) is -0.487. The van der Waals surface area contributed by atoms with Crippen LogP contribution in [0.3, 0.4) is 0 Å². The number of rotatable bonds is 3. The van der Waals surface area contributed by atoms with E-state index < -0.39 is 10.0 Å². The molecular formula is C20H20N2O4S. The molecule has 4 rings (SSSR count). The molecule has 1 fully saturated rings. The Morgan fingerprint density at radius 3 is 2.15 bits per heavy atom. The summed E-state index contributed by atoms with van der Waals surface area (Å²) in [5, 5.41) is 0. The van der Waals surface area contributed by atoms with E-state index in [9.17, 15) is 18.0 Å². The zero-order valence-corrected chi connectivity index (χ0v) is 15.6. The van der Waals surface area contributed by atoms with Crippen LogP contribution in [0, 0.1) is 0 Å². The van der Waals surface area contributed by atoms with Crippen LogP contribution in [0.5, 0.6) is 0 Å². The van der Waals surface area contributed by atoms with Crippen molar-refractivity contribution < 1.29 is 18.0 Å². The van der Waals surface area contributed by atoms with Crippen molar-refractivity contribution in [3.05, 3.63) is 54.1 Å². The number of aryl methyl sites for hydroxylation is 1. The van der Waals surface area contributed by atoms with Gasteiger partial charge in [0.15, 0.2) is 0 Å². The fraction of sp³-hybridized carbons (Fsp3) is 0.300. The van der Waals surface area contributed by atoms with Crippen LogP contribution in [0.25, 0.3) is 0 Å². The van der Waals surface area contributed by atoms with Crippen molar-refractivity contribution in [1.82, 2.24) is 0 Å². The molecule has 27 heavy (non-hydrogen) atoms. The molecule has 2 aliphatic heterocycles. The lowest BCUT2D eigenvalue weighted by Crippen LogP contribution is -2.40. The van der Waals surface area contributed by atoms with Gasteiger partial charge in [-0.1, -0.05) is 18.2 Å². The van der Waals surface area contributed by atoms with Crippen molar-refractivity contribution in [1.29, 1.82) is 0 Å². The molecule has 0 atom stereocenters. The Morgan fingerprint density at radius 1 is 0.778 bits per heavy atom. The summed E-state index contributed by atoms with van der Waals surface area (Å²) in [4.78, 5) is 25.4. The topological polar surface area (TPSA) is 74.8 Å². The highest BCUT2D eigenvalue weighted by Crippen LogP contribution is 2.32. The second-order valence-electron chi connectivity index (χ2n) is 6.78. The molecule has 6 nitrogen and oxygen atoms in total. The summed E-state index contributed by atoms with van der Waals surface area (Å²) in [5.41, 5.74) is 2.16. The van der Waals surface area contributed by atoms with Crippen LogP contribution in [-0.2, 0) is 26.0 Å². The summed E-state index contributed by atoms with van der Waals surface area (Å²) in [6.07, 6.45) is 2.85. The number of fused-ring (bicyclic) bond motifs is 1. The molecule has 1 saturated heterocycles. The lowest BCUT2D eigenvalue weighted by Gasteiger charge is -2.30. The number of imide groups is 1. The minimum absolute atomic E-state index is 0.153. The van der Waals surface area contributed by atoms with E-state index in [1.165, 1.54) is 28.6 Å². The molecule has 0 spiro atoms. The fourth-order valence-corrected chi connectivity index (χ4v) is 5.23. The first-order valence-corrected chi connectivity index (χ1v) is 10.5. The van der Waals surface area contributed by atoms with E-state index in [2.05, 4.69) is 0 Å². The number of sulfonamides is 1. The van der Waals surface area contributed by atoms with Crippen molar-refractivity contribution in [2.24, 2.45) is 0 Å². The van der Waals surface area contributed by atoms with E-state index in [0.717, 1.165) is 23.3 Å². The average Bonchev–Trinajstić information content (AvgIpc) is 2.68. The lowest BCUT2D eigenvalue weighted by molar-refractivity contribution is -0.129. The molecule has 0 N–H and O–H groups in total. The molecule has 2 aromatic rings. The third-order valence-corrected chi connectivity index (χ3v) is 6.86. The number of benzene rings is 2. The predicted molar refractivity (Wildman–Crippen MR) is 102 cm³/mol. The summed E-state index contributed by atoms with van der Waals surface area (Å²) in [6, 6.07) is 13.5. The number of piperidine rings is 1. The molecule has 140 valence electrons. The molecule has 7 heteroatoms. The van der Waals surface area contributed by atoms with E-state index in [4.69, 9.17) is 0 Å². The van der Waals surface area contributed by atoms with Crippen LogP contribution in [0.4, 0.5) is 11.4 Å². The molecule has 2 heterocycles. The van der Waals surface area contributed by atoms with Crippen molar-refractivity contribution in [2.45, 2.75) is 37.0 Å². The van der Waals surface area contributed by atoms with Gasteiger partial charge in [0.2, 0.25) is 11.8 Å². The van der Waals surface area contributed by atoms with E-state index in [1.54, 1.807) is 0 Å². The van der Waals surface area contributed by atoms with Gasteiger partial charge in [0.1, 0.15) is 0 Å². The van der Waals surface area contributed by atoms with Gasteiger partial charge in [-0.3, -0.25) is 18.8 Å². The molecule has 0 saturated carbocycles. The number of para-hydroxylation sites is 1. The molecule has 2 aliphatic rings. The zero-order valence-electron chi connectivity index (χ0n) is 14.8. The maximum Gasteiger partial charge on any atom is 0.264 e. The molecule has 0 bridgehead atoms. The van der Waals surface area contributed by atoms with Gasteiger partial charge >= 0.3 is 0 Å². The Morgan fingerprint density at radius 2 is 1.44 bits per heavy atom. The van der Waals surface area contributed by atoms with E-state index in [-0.39, 0.29) is 16.7 Å². The van der Waals surface area contributed by atoms with Crippen LogP contribution in [-0.4, -0.2) is 26.8 Å². The molecule has 0 radical (unpaired) electrons. The Kier molecular flexibility index (Phi) is 4.47. The van der Waals surface area contributed by atoms with Crippen LogP contribution in [0.1, 0.15) is 31.2 Å². The highest BCUT2D eigenvalue weighted by atomic mass is 32.2. The van der Waals surface area contributed by atoms with Gasteiger partial charge in [-0.15, -0.1) is 0 Å². The molecule has 0 aliphatic carbocycles. The standard InChI is InChI=1S/C20H20N2O4S/c23-19-8-3-9-20(24)22(19)16-10-12-17(13-11-16)27(25,26)21-14-4-6-15-5-1-2-7-18(15)21/h1-2,5,7,10-13H,3-4,6,8-9,14H2. The Hall–Kier alpha value is -2.67. The maximum atomic E-state index is 13.1. The first-order valence-electron chi connectivity index (χ1n) is 9.05. The van der Waals surface area contributed by atoms with Gasteiger partial charge in [0.05, 0.1) is 16.3 Å². The van der Waals surface area contributed by atoms with Gasteiger partial charge in [-0.2, -0.15) is 0 Å². The van der Waals surface area contributed by atoms with Crippen LogP contribution in [0.2, 0.25) is 0 Å². The maximum absolute atomic E-state index is 13.1. The minimum atomic E-state index is -3.71. The van der Waals surface area contributed by atoms with Crippen molar-refractivity contribution in [2.75, 3.05) is 15.7 Å². The average molecular weight is 384 g/mol. The quantitative estimate of drug-likeness (QED) is 0.763. The summed E-state index contributed by atoms with van der Waals surface area (Å²) in [6.45, 7) is 0.435. The fourth-order valence-electron chi connectivity index (χ4n) is 3.68. The Balaban J connectivity index is 1.66. The summed E-state index contributed by atoms with van der Waals surface area (Å²) in [7, 11) is -3.71. The minimum Gasteiger partial charge on any atom is -0.274 e. The second kappa shape index (κ2) is 6.81. The number of anilines is 2. The predicted octanol–water partition coefficient (Wildman–Crippen LogP) is 2.87. The number of carbonyl (C=O) groups excluding carboxylic acids is 2. The van der Waals surface area contributed by atoms with Gasteiger partial charge in [-0.25, -0.2) is 8.42 Å². The monoisotopic (exact) mass is 384 g/mol. The SMILES string of the molecule is O=C1CCCC(=O)N1c1ccc(S(=O)(=O)N2CCCc3ccccc32)cc1. The van der Waals surface area contributed by atoms with E-state index in [0.29, 0.717) is 37.2 Å². The van der Waals surface area contributed by atoms with Gasteiger partial charge < -0.3 is 0 Å². The highest BCUT2D eigenvalue weighted by molar-refractivity contribution is 7.92. The first kappa shape index (κ1) is 17.7. The van der Waals surface area contributed by atoms with Crippen molar-refractivity contribution in [3.63, 3.8) is 0 Å². The molecular weight excluding hydrogens is 364 g/mol. The number of carbonyl (C=O) groups is 2. The molecule has 2 aromatic carbocycles. The zero-order chi connectivity index (χ0) is 19.0. The third kappa shape index (κ3) is 3.12. The van der Waals surface area contributed by atoms with Gasteiger partial charge in [0.25, 0.3) is 10.0 Å². The Bertz CT molecular complexity index is 983. The number of hydrogen-bond acceptors (Lipinski definition) is 4.